The average Bonchev–Trinajstić information content (AvgIpc) is 2.33. The number of benzene rings is 1. The zero-order chi connectivity index (χ0) is 11.4. The molecule has 0 amide bonds. The first kappa shape index (κ1) is 11.4. The van der Waals surface area contributed by atoms with Gasteiger partial charge in [0.1, 0.15) is 5.75 Å². The molecule has 2 rings (SSSR count). The first-order valence-corrected chi connectivity index (χ1v) is 5.76. The molecule has 0 radical (unpaired) electrons. The van der Waals surface area contributed by atoms with Crippen LogP contribution in [0.3, 0.4) is 0 Å². The van der Waals surface area contributed by atoms with Gasteiger partial charge in [-0.2, -0.15) is 0 Å². The van der Waals surface area contributed by atoms with Gasteiger partial charge in [0.2, 0.25) is 0 Å². The molecule has 1 saturated heterocycles. The summed E-state index contributed by atoms with van der Waals surface area (Å²) < 4.78 is 10.6. The number of methoxy groups -OCH3 is 1. The molecule has 0 aliphatic carbocycles. The van der Waals surface area contributed by atoms with Crippen molar-refractivity contribution in [1.29, 1.82) is 0 Å². The van der Waals surface area contributed by atoms with Crippen LogP contribution in [0.1, 0.15) is 12.0 Å². The summed E-state index contributed by atoms with van der Waals surface area (Å²) in [6.45, 7) is 1.59. The summed E-state index contributed by atoms with van der Waals surface area (Å²) >= 11 is 0. The Balaban J connectivity index is 1.96. The second-order valence-corrected chi connectivity index (χ2v) is 4.34. The number of nitrogens with two attached hydrogens (primary N) is 1. The lowest BCUT2D eigenvalue weighted by molar-refractivity contribution is 0.0422. The highest BCUT2D eigenvalue weighted by molar-refractivity contribution is 5.27. The minimum absolute atomic E-state index is 0.274. The molecule has 88 valence electrons. The molecule has 1 aromatic carbocycles. The van der Waals surface area contributed by atoms with E-state index in [9.17, 15) is 0 Å². The average molecular weight is 221 g/mol. The van der Waals surface area contributed by atoms with Crippen LogP contribution in [0.4, 0.5) is 0 Å². The van der Waals surface area contributed by atoms with Gasteiger partial charge in [0.05, 0.1) is 13.7 Å². The van der Waals surface area contributed by atoms with Crippen LogP contribution in [0.15, 0.2) is 24.3 Å². The van der Waals surface area contributed by atoms with Crippen LogP contribution in [-0.2, 0) is 11.2 Å². The summed E-state index contributed by atoms with van der Waals surface area (Å²) in [5, 5.41) is 0. The fourth-order valence-electron chi connectivity index (χ4n) is 2.09. The van der Waals surface area contributed by atoms with Crippen molar-refractivity contribution >= 4 is 0 Å². The van der Waals surface area contributed by atoms with Crippen molar-refractivity contribution in [3.05, 3.63) is 29.8 Å². The summed E-state index contributed by atoms with van der Waals surface area (Å²) in [5.74, 6) is 1.34. The van der Waals surface area contributed by atoms with Crippen LogP contribution >= 0.6 is 0 Å². The number of rotatable bonds is 3. The summed E-state index contributed by atoms with van der Waals surface area (Å²) in [6, 6.07) is 8.45. The Morgan fingerprint density at radius 1 is 1.38 bits per heavy atom. The molecule has 1 aromatic rings. The summed E-state index contributed by atoms with van der Waals surface area (Å²) in [7, 11) is 1.68. The van der Waals surface area contributed by atoms with Crippen LogP contribution in [0, 0.1) is 5.92 Å². The largest absolute Gasteiger partial charge is 0.497 e. The van der Waals surface area contributed by atoms with Gasteiger partial charge >= 0.3 is 0 Å². The second-order valence-electron chi connectivity index (χ2n) is 4.34. The van der Waals surface area contributed by atoms with E-state index in [-0.39, 0.29) is 6.04 Å². The van der Waals surface area contributed by atoms with E-state index in [1.54, 1.807) is 7.11 Å². The maximum Gasteiger partial charge on any atom is 0.118 e. The van der Waals surface area contributed by atoms with Crippen molar-refractivity contribution in [2.45, 2.75) is 18.9 Å². The van der Waals surface area contributed by atoms with Gasteiger partial charge in [-0.25, -0.2) is 0 Å². The van der Waals surface area contributed by atoms with Gasteiger partial charge in [0, 0.05) is 18.6 Å². The van der Waals surface area contributed by atoms with Crippen molar-refractivity contribution < 1.29 is 9.47 Å². The van der Waals surface area contributed by atoms with Gasteiger partial charge in [-0.05, 0) is 30.5 Å². The van der Waals surface area contributed by atoms with Crippen LogP contribution in [0.5, 0.6) is 5.75 Å². The van der Waals surface area contributed by atoms with Crippen molar-refractivity contribution in [2.75, 3.05) is 20.3 Å². The highest BCUT2D eigenvalue weighted by atomic mass is 16.5. The molecule has 3 nitrogen and oxygen atoms in total. The van der Waals surface area contributed by atoms with Gasteiger partial charge in [-0.15, -0.1) is 0 Å². The highest BCUT2D eigenvalue weighted by Crippen LogP contribution is 2.20. The maximum absolute atomic E-state index is 6.08. The molecule has 1 aliphatic heterocycles. The molecular formula is C13H19NO2. The standard InChI is InChI=1S/C13H19NO2/c1-15-12-4-2-10(3-5-12)8-11-9-16-7-6-13(11)14/h2-5,11,13H,6-9,14H2,1H3/t11-,13+/m0/s1. The number of hydrogen-bond acceptors (Lipinski definition) is 3. The molecule has 2 atom stereocenters. The maximum atomic E-state index is 6.08. The molecule has 1 aliphatic rings. The van der Waals surface area contributed by atoms with Gasteiger partial charge in [0.25, 0.3) is 0 Å². The molecule has 16 heavy (non-hydrogen) atoms. The molecular weight excluding hydrogens is 202 g/mol. The molecule has 0 aromatic heterocycles. The first-order valence-electron chi connectivity index (χ1n) is 5.76. The Labute approximate surface area is 96.5 Å². The van der Waals surface area contributed by atoms with E-state index >= 15 is 0 Å². The third kappa shape index (κ3) is 2.74. The van der Waals surface area contributed by atoms with Gasteiger partial charge in [-0.3, -0.25) is 0 Å². The van der Waals surface area contributed by atoms with Crippen LogP contribution in [0.25, 0.3) is 0 Å². The van der Waals surface area contributed by atoms with Crippen molar-refractivity contribution in [3.8, 4) is 5.75 Å². The van der Waals surface area contributed by atoms with E-state index in [1.165, 1.54) is 5.56 Å². The normalized spacial score (nSPS) is 25.4. The van der Waals surface area contributed by atoms with Crippen molar-refractivity contribution in [1.82, 2.24) is 0 Å². The molecule has 1 heterocycles. The van der Waals surface area contributed by atoms with Crippen molar-refractivity contribution in [2.24, 2.45) is 11.7 Å². The third-order valence-corrected chi connectivity index (χ3v) is 3.19. The van der Waals surface area contributed by atoms with E-state index in [1.807, 2.05) is 12.1 Å². The van der Waals surface area contributed by atoms with Crippen LogP contribution in [-0.4, -0.2) is 26.4 Å². The van der Waals surface area contributed by atoms with E-state index in [2.05, 4.69) is 12.1 Å². The molecule has 0 spiro atoms. The molecule has 0 bridgehead atoms. The molecule has 2 N–H and O–H groups in total. The summed E-state index contributed by atoms with van der Waals surface area (Å²) in [6.07, 6.45) is 1.96. The van der Waals surface area contributed by atoms with E-state index in [0.29, 0.717) is 5.92 Å². The van der Waals surface area contributed by atoms with E-state index in [4.69, 9.17) is 15.2 Å². The zero-order valence-corrected chi connectivity index (χ0v) is 9.69. The highest BCUT2D eigenvalue weighted by Gasteiger charge is 2.22. The smallest absolute Gasteiger partial charge is 0.118 e. The zero-order valence-electron chi connectivity index (χ0n) is 9.69. The third-order valence-electron chi connectivity index (χ3n) is 3.19. The Hall–Kier alpha value is -1.06. The Bertz CT molecular complexity index is 323. The Morgan fingerprint density at radius 2 is 2.12 bits per heavy atom. The molecule has 0 unspecified atom stereocenters. The van der Waals surface area contributed by atoms with E-state index in [0.717, 1.165) is 31.8 Å². The van der Waals surface area contributed by atoms with Gasteiger partial charge in [-0.1, -0.05) is 12.1 Å². The monoisotopic (exact) mass is 221 g/mol. The number of ether oxygens (including phenoxy) is 2. The lowest BCUT2D eigenvalue weighted by Crippen LogP contribution is -2.39. The lowest BCUT2D eigenvalue weighted by Gasteiger charge is -2.28. The Morgan fingerprint density at radius 3 is 2.75 bits per heavy atom. The minimum Gasteiger partial charge on any atom is -0.497 e. The van der Waals surface area contributed by atoms with Gasteiger partial charge in [0.15, 0.2) is 0 Å². The Kier molecular flexibility index (Phi) is 3.80. The SMILES string of the molecule is COc1ccc(C[C@H]2COCC[C@H]2N)cc1. The molecule has 3 heteroatoms. The van der Waals surface area contributed by atoms with Gasteiger partial charge < -0.3 is 15.2 Å². The summed E-state index contributed by atoms with van der Waals surface area (Å²) in [5.41, 5.74) is 7.38. The second kappa shape index (κ2) is 5.32. The molecule has 0 saturated carbocycles. The fraction of sp³-hybridized carbons (Fsp3) is 0.538. The van der Waals surface area contributed by atoms with Crippen LogP contribution in [0.2, 0.25) is 0 Å². The van der Waals surface area contributed by atoms with Crippen molar-refractivity contribution in [3.63, 3.8) is 0 Å². The number of hydrogen-bond donors (Lipinski definition) is 1. The minimum atomic E-state index is 0.274. The lowest BCUT2D eigenvalue weighted by atomic mass is 9.90. The fourth-order valence-corrected chi connectivity index (χ4v) is 2.09. The topological polar surface area (TPSA) is 44.5 Å². The quantitative estimate of drug-likeness (QED) is 0.843. The summed E-state index contributed by atoms with van der Waals surface area (Å²) in [4.78, 5) is 0. The predicted molar refractivity (Wildman–Crippen MR) is 63.6 cm³/mol. The van der Waals surface area contributed by atoms with Crippen LogP contribution < -0.4 is 10.5 Å². The predicted octanol–water partition coefficient (Wildman–Crippen LogP) is 1.60. The molecule has 1 fully saturated rings. The van der Waals surface area contributed by atoms with E-state index < -0.39 is 0 Å². The first-order chi connectivity index (χ1) is 7.79.